The summed E-state index contributed by atoms with van der Waals surface area (Å²) in [6.45, 7) is 9.03. The van der Waals surface area contributed by atoms with Crippen LogP contribution in [0.4, 0.5) is 21.5 Å². The lowest BCUT2D eigenvalue weighted by Crippen LogP contribution is -2.46. The highest BCUT2D eigenvalue weighted by Gasteiger charge is 2.34. The molecule has 2 saturated heterocycles. The Balaban J connectivity index is 1.33. The van der Waals surface area contributed by atoms with Gasteiger partial charge in [-0.1, -0.05) is 12.1 Å². The van der Waals surface area contributed by atoms with E-state index < -0.39 is 0 Å². The second kappa shape index (κ2) is 9.24. The molecule has 2 heterocycles. The number of carbonyl (C=O) groups excluding carboxylic acids is 1. The molecule has 2 aliphatic rings. The van der Waals surface area contributed by atoms with Gasteiger partial charge in [0, 0.05) is 51.0 Å². The number of amides is 1. The minimum Gasteiger partial charge on any atom is -0.378 e. The zero-order chi connectivity index (χ0) is 21.8. The lowest BCUT2D eigenvalue weighted by atomic mass is 10.0. The largest absolute Gasteiger partial charge is 0.378 e. The highest BCUT2D eigenvalue weighted by atomic mass is 19.1. The maximum atomic E-state index is 14.6. The van der Waals surface area contributed by atoms with E-state index in [4.69, 9.17) is 4.74 Å². The molecule has 31 heavy (non-hydrogen) atoms. The van der Waals surface area contributed by atoms with Crippen LogP contribution in [0.1, 0.15) is 25.8 Å². The highest BCUT2D eigenvalue weighted by molar-refractivity contribution is 5.73. The van der Waals surface area contributed by atoms with E-state index in [0.29, 0.717) is 32.0 Å². The molecule has 0 aromatic heterocycles. The van der Waals surface area contributed by atoms with Crippen molar-refractivity contribution in [2.24, 2.45) is 0 Å². The molecule has 0 bridgehead atoms. The molecule has 7 heteroatoms. The Morgan fingerprint density at radius 1 is 1.10 bits per heavy atom. The topological polar surface area (TPSA) is 56.8 Å². The molecule has 4 rings (SSSR count). The molecule has 6 nitrogen and oxygen atoms in total. The average molecular weight is 427 g/mol. The van der Waals surface area contributed by atoms with Crippen LogP contribution < -0.4 is 15.5 Å². The van der Waals surface area contributed by atoms with Crippen LogP contribution in [-0.4, -0.2) is 55.7 Å². The van der Waals surface area contributed by atoms with E-state index in [9.17, 15) is 9.18 Å². The summed E-state index contributed by atoms with van der Waals surface area (Å²) in [5, 5.41) is 6.36. The lowest BCUT2D eigenvalue weighted by Gasteiger charge is -2.29. The zero-order valence-corrected chi connectivity index (χ0v) is 18.3. The van der Waals surface area contributed by atoms with Gasteiger partial charge in [0.25, 0.3) is 0 Å². The first kappa shape index (κ1) is 21.6. The smallest absolute Gasteiger partial charge is 0.217 e. The summed E-state index contributed by atoms with van der Waals surface area (Å²) in [6.07, 6.45) is 0.957. The molecular weight excluding hydrogens is 395 g/mol. The summed E-state index contributed by atoms with van der Waals surface area (Å²) >= 11 is 0. The van der Waals surface area contributed by atoms with E-state index in [1.54, 1.807) is 13.0 Å². The van der Waals surface area contributed by atoms with Crippen molar-refractivity contribution in [3.8, 4) is 0 Å². The lowest BCUT2D eigenvalue weighted by molar-refractivity contribution is -0.120. The van der Waals surface area contributed by atoms with Gasteiger partial charge < -0.3 is 20.3 Å². The minimum absolute atomic E-state index is 0.0224. The van der Waals surface area contributed by atoms with Crippen molar-refractivity contribution < 1.29 is 13.9 Å². The summed E-state index contributed by atoms with van der Waals surface area (Å²) in [6, 6.07) is 13.5. The Labute approximate surface area is 183 Å². The summed E-state index contributed by atoms with van der Waals surface area (Å²) in [7, 11) is 0. The van der Waals surface area contributed by atoms with Gasteiger partial charge in [0.15, 0.2) is 0 Å². The molecule has 0 aliphatic carbocycles. The molecule has 2 aliphatic heterocycles. The van der Waals surface area contributed by atoms with Crippen LogP contribution in [-0.2, 0) is 16.1 Å². The van der Waals surface area contributed by atoms with Crippen molar-refractivity contribution >= 4 is 23.0 Å². The third-order valence-electron chi connectivity index (χ3n) is 5.98. The summed E-state index contributed by atoms with van der Waals surface area (Å²) < 4.78 is 20.0. The molecule has 1 unspecified atom stereocenters. The van der Waals surface area contributed by atoms with Crippen molar-refractivity contribution in [1.82, 2.24) is 10.2 Å². The Kier molecular flexibility index (Phi) is 6.43. The van der Waals surface area contributed by atoms with Gasteiger partial charge in [-0.25, -0.2) is 4.39 Å². The fourth-order valence-corrected chi connectivity index (χ4v) is 4.48. The maximum absolute atomic E-state index is 14.6. The standard InChI is InChI=1S/C24H31FN4O2/c1-18(30)27-24(2)9-10-28(17-24)16-19-3-5-20(6-4-19)26-21-7-8-23(22(25)15-21)29-11-13-31-14-12-29/h3-8,15,26H,9-14,16-17H2,1-2H3,(H,27,30). The molecule has 0 spiro atoms. The molecule has 166 valence electrons. The van der Waals surface area contributed by atoms with Crippen molar-refractivity contribution in [2.45, 2.75) is 32.4 Å². The van der Waals surface area contributed by atoms with Crippen LogP contribution in [0.5, 0.6) is 0 Å². The predicted octanol–water partition coefficient (Wildman–Crippen LogP) is 3.51. The number of benzene rings is 2. The Morgan fingerprint density at radius 2 is 1.81 bits per heavy atom. The van der Waals surface area contributed by atoms with E-state index >= 15 is 0 Å². The van der Waals surface area contributed by atoms with Gasteiger partial charge in [0.05, 0.1) is 24.4 Å². The first-order valence-electron chi connectivity index (χ1n) is 10.9. The summed E-state index contributed by atoms with van der Waals surface area (Å²) in [5.41, 5.74) is 3.34. The second-order valence-electron chi connectivity index (χ2n) is 8.79. The molecule has 2 N–H and O–H groups in total. The Hall–Kier alpha value is -2.64. The van der Waals surface area contributed by atoms with Crippen molar-refractivity contribution in [2.75, 3.05) is 49.6 Å². The number of ether oxygens (including phenoxy) is 1. The predicted molar refractivity (Wildman–Crippen MR) is 121 cm³/mol. The molecular formula is C24H31FN4O2. The van der Waals surface area contributed by atoms with Crippen molar-refractivity contribution in [1.29, 1.82) is 0 Å². The van der Waals surface area contributed by atoms with Gasteiger partial charge in [-0.15, -0.1) is 0 Å². The van der Waals surface area contributed by atoms with E-state index in [0.717, 1.165) is 37.4 Å². The number of hydrogen-bond acceptors (Lipinski definition) is 5. The van der Waals surface area contributed by atoms with Crippen LogP contribution in [0.25, 0.3) is 0 Å². The fraction of sp³-hybridized carbons (Fsp3) is 0.458. The maximum Gasteiger partial charge on any atom is 0.217 e. The van der Waals surface area contributed by atoms with E-state index in [1.165, 1.54) is 5.56 Å². The number of morpholine rings is 1. The molecule has 2 aromatic carbocycles. The molecule has 1 amide bonds. The minimum atomic E-state index is -0.222. The molecule has 2 fully saturated rings. The normalized spacial score (nSPS) is 21.8. The SMILES string of the molecule is CC(=O)NC1(C)CCN(Cc2ccc(Nc3ccc(N4CCOCC4)c(F)c3)cc2)C1. The molecule has 0 radical (unpaired) electrons. The van der Waals surface area contributed by atoms with Gasteiger partial charge >= 0.3 is 0 Å². The van der Waals surface area contributed by atoms with E-state index in [2.05, 4.69) is 34.6 Å². The van der Waals surface area contributed by atoms with Gasteiger partial charge in [0.1, 0.15) is 5.82 Å². The van der Waals surface area contributed by atoms with Crippen molar-refractivity contribution in [3.63, 3.8) is 0 Å². The van der Waals surface area contributed by atoms with Gasteiger partial charge in [-0.2, -0.15) is 0 Å². The number of rotatable bonds is 6. The number of anilines is 3. The van der Waals surface area contributed by atoms with Crippen LogP contribution in [0, 0.1) is 5.82 Å². The van der Waals surface area contributed by atoms with Crippen LogP contribution in [0.2, 0.25) is 0 Å². The second-order valence-corrected chi connectivity index (χ2v) is 8.79. The third kappa shape index (κ3) is 5.54. The first-order valence-corrected chi connectivity index (χ1v) is 10.9. The van der Waals surface area contributed by atoms with Gasteiger partial charge in [-0.05, 0) is 49.2 Å². The molecule has 2 aromatic rings. The monoisotopic (exact) mass is 426 g/mol. The number of carbonyl (C=O) groups is 1. The summed E-state index contributed by atoms with van der Waals surface area (Å²) in [5.74, 6) is -0.200. The third-order valence-corrected chi connectivity index (χ3v) is 5.98. The number of nitrogens with one attached hydrogen (secondary N) is 2. The quantitative estimate of drug-likeness (QED) is 0.741. The number of halogens is 1. The average Bonchev–Trinajstić information content (AvgIpc) is 3.09. The highest BCUT2D eigenvalue weighted by Crippen LogP contribution is 2.27. The number of likely N-dealkylation sites (tertiary alicyclic amines) is 1. The van der Waals surface area contributed by atoms with Gasteiger partial charge in [-0.3, -0.25) is 9.69 Å². The number of hydrogen-bond donors (Lipinski definition) is 2. The molecule has 1 atom stereocenters. The Bertz CT molecular complexity index is 914. The van der Waals surface area contributed by atoms with E-state index in [1.807, 2.05) is 29.2 Å². The zero-order valence-electron chi connectivity index (χ0n) is 18.3. The van der Waals surface area contributed by atoms with Crippen LogP contribution >= 0.6 is 0 Å². The number of nitrogens with zero attached hydrogens (tertiary/aromatic N) is 2. The van der Waals surface area contributed by atoms with Crippen LogP contribution in [0.15, 0.2) is 42.5 Å². The van der Waals surface area contributed by atoms with Gasteiger partial charge in [0.2, 0.25) is 5.91 Å². The molecule has 0 saturated carbocycles. The first-order chi connectivity index (χ1) is 14.9. The van der Waals surface area contributed by atoms with E-state index in [-0.39, 0.29) is 17.3 Å². The van der Waals surface area contributed by atoms with Crippen molar-refractivity contribution in [3.05, 3.63) is 53.8 Å². The Morgan fingerprint density at radius 3 is 2.48 bits per heavy atom. The van der Waals surface area contributed by atoms with Crippen LogP contribution in [0.3, 0.4) is 0 Å². The summed E-state index contributed by atoms with van der Waals surface area (Å²) in [4.78, 5) is 15.8. The fourth-order valence-electron chi connectivity index (χ4n) is 4.48.